The summed E-state index contributed by atoms with van der Waals surface area (Å²) < 4.78 is 216. The highest BCUT2D eigenvalue weighted by molar-refractivity contribution is 7.94. The summed E-state index contributed by atoms with van der Waals surface area (Å²) in [4.78, 5) is 40.0. The summed E-state index contributed by atoms with van der Waals surface area (Å²) in [7, 11) is -33.0. The van der Waals surface area contributed by atoms with Gasteiger partial charge in [0, 0.05) is 28.3 Å². The lowest BCUT2D eigenvalue weighted by Crippen LogP contribution is -2.14. The van der Waals surface area contributed by atoms with Crippen LogP contribution in [0.4, 0.5) is 56.9 Å². The molecule has 1 aromatic heterocycles. The molecule has 42 nitrogen and oxygen atoms in total. The minimum absolute atomic E-state index is 0.0734. The zero-order chi connectivity index (χ0) is 68.3. The number of nitro benzene ring substituents is 1. The Morgan fingerprint density at radius 1 is 0.554 bits per heavy atom. The molecule has 0 amide bonds. The number of azo groups is 4. The van der Waals surface area contributed by atoms with E-state index in [9.17, 15) is 123 Å². The molecule has 0 aliphatic rings. The van der Waals surface area contributed by atoms with Gasteiger partial charge in [0.2, 0.25) is 0 Å². The molecule has 7 aromatic carbocycles. The topological polar surface area (TPSA) is 686 Å². The highest BCUT2D eigenvalue weighted by Gasteiger charge is 2.32. The van der Waals surface area contributed by atoms with E-state index in [1.165, 1.54) is 0 Å². The van der Waals surface area contributed by atoms with Crippen LogP contribution in [-0.2, 0) is 70.1 Å². The van der Waals surface area contributed by atoms with Gasteiger partial charge in [0.1, 0.15) is 58.6 Å². The quantitative estimate of drug-likeness (QED) is 0.00636. The average Bonchev–Trinajstić information content (AvgIpc) is 0.928. The van der Waals surface area contributed by atoms with Gasteiger partial charge >= 0.3 is 11.9 Å². The minimum atomic E-state index is -5.84. The Kier molecular flexibility index (Phi) is 18.1. The number of nitrogens with two attached hydrogens (primary N) is 1. The van der Waals surface area contributed by atoms with Crippen molar-refractivity contribution in [2.45, 2.75) is 34.3 Å². The van der Waals surface area contributed by atoms with Crippen molar-refractivity contribution >= 4 is 163 Å². The van der Waals surface area contributed by atoms with E-state index in [0.717, 1.165) is 24.3 Å². The lowest BCUT2D eigenvalue weighted by atomic mass is 10.0. The second kappa shape index (κ2) is 24.6. The van der Waals surface area contributed by atoms with Crippen LogP contribution in [0.25, 0.3) is 27.2 Å². The number of carboxylic acid groups (broad SMARTS) is 2. The van der Waals surface area contributed by atoms with E-state index in [4.69, 9.17) is 11.0 Å². The molecule has 0 aliphatic heterocycles. The van der Waals surface area contributed by atoms with Crippen LogP contribution < -0.4 is 11.3 Å². The summed E-state index contributed by atoms with van der Waals surface area (Å²) in [5.41, 5.74) is -8.31. The van der Waals surface area contributed by atoms with Gasteiger partial charge in [-0.2, -0.15) is 55.6 Å². The molecule has 8 aromatic rings. The lowest BCUT2D eigenvalue weighted by molar-refractivity contribution is -0.432. The molecule has 0 saturated heterocycles. The van der Waals surface area contributed by atoms with Crippen molar-refractivity contribution in [2.75, 3.05) is 5.73 Å². The Labute approximate surface area is 512 Å². The maximum atomic E-state index is 13.4. The number of aromatic amines is 1. The summed E-state index contributed by atoms with van der Waals surface area (Å²) in [6.45, 7) is 0. The maximum Gasteiger partial charge on any atom is 0.356 e. The number of phenolic OH excluding ortho intramolecular Hbond substituents is 2. The summed E-state index contributed by atoms with van der Waals surface area (Å²) in [6.07, 6.45) is 0. The number of carbonyl (C=O) groups is 2. The molecule has 8 rings (SSSR count). The molecule has 0 atom stereocenters. The predicted molar refractivity (Wildman–Crippen MR) is 302 cm³/mol. The van der Waals surface area contributed by atoms with Crippen LogP contribution in [0, 0.1) is 10.1 Å². The molecular weight excluding hydrogens is 1390 g/mol. The van der Waals surface area contributed by atoms with Gasteiger partial charge in [0.25, 0.3) is 72.0 Å². The van der Waals surface area contributed by atoms with Crippen molar-refractivity contribution in [2.24, 2.45) is 40.9 Å². The number of aromatic carboxylic acids is 2. The zero-order valence-electron chi connectivity index (χ0n) is 43.7. The van der Waals surface area contributed by atoms with Crippen LogP contribution in [0.1, 0.15) is 20.8 Å². The summed E-state index contributed by atoms with van der Waals surface area (Å²) >= 11 is -0.0734. The van der Waals surface area contributed by atoms with Crippen molar-refractivity contribution < 1.29 is 127 Å². The lowest BCUT2D eigenvalue weighted by Gasteiger charge is -2.15. The van der Waals surface area contributed by atoms with Gasteiger partial charge in [0.05, 0.1) is 54.8 Å². The first-order chi connectivity index (χ1) is 42.5. The van der Waals surface area contributed by atoms with E-state index >= 15 is 0 Å². The summed E-state index contributed by atoms with van der Waals surface area (Å²) in [5, 5.41) is 93.6. The molecule has 92 heavy (non-hydrogen) atoms. The number of nitro groups is 1. The van der Waals surface area contributed by atoms with E-state index in [0.29, 0.717) is 53.2 Å². The fourth-order valence-corrected chi connectivity index (χ4v) is 12.5. The van der Waals surface area contributed by atoms with Gasteiger partial charge in [-0.25, -0.2) is 19.5 Å². The monoisotopic (exact) mass is 1420 g/mol. The normalized spacial score (nSPS) is 13.0. The fourth-order valence-electron chi connectivity index (χ4n) is 8.10. The molecule has 0 spiro atoms. The predicted octanol–water partition coefficient (Wildman–Crippen LogP) is 7.34. The molecule has 0 radical (unpaired) electrons. The Balaban J connectivity index is 1.26. The van der Waals surface area contributed by atoms with Crippen LogP contribution in [0.5, 0.6) is 11.5 Å². The van der Waals surface area contributed by atoms with Crippen LogP contribution in [0.3, 0.4) is 0 Å². The Morgan fingerprint density at radius 3 is 1.66 bits per heavy atom. The number of benzene rings is 7. The molecule has 49 heteroatoms. The van der Waals surface area contributed by atoms with Crippen molar-refractivity contribution in [3.8, 4) is 17.2 Å². The Morgan fingerprint density at radius 2 is 1.11 bits per heavy atom. The third-order valence-electron chi connectivity index (χ3n) is 12.0. The first-order valence-electron chi connectivity index (χ1n) is 23.0. The maximum absolute atomic E-state index is 13.4. The van der Waals surface area contributed by atoms with E-state index in [1.54, 1.807) is 0 Å². The number of non-ortho nitro benzene ring substituents is 1. The van der Waals surface area contributed by atoms with Crippen LogP contribution in [0.2, 0.25) is 0 Å². The molecule has 0 saturated carbocycles. The molecule has 0 unspecified atom stereocenters. The van der Waals surface area contributed by atoms with Crippen LogP contribution >= 0.6 is 12.0 Å². The molecule has 0 aliphatic carbocycles. The average molecular weight is 1420 g/mol. The van der Waals surface area contributed by atoms with Crippen molar-refractivity contribution in [1.29, 1.82) is 0 Å². The van der Waals surface area contributed by atoms with Crippen LogP contribution in [0.15, 0.2) is 165 Å². The number of H-pyrrole nitrogens is 1. The number of carboxylic acids is 2. The van der Waals surface area contributed by atoms with E-state index in [1.807, 2.05) is 0 Å². The van der Waals surface area contributed by atoms with E-state index in [2.05, 4.69) is 55.4 Å². The number of aromatic hydroxyl groups is 2. The smallest absolute Gasteiger partial charge is 0.356 e. The fraction of sp³-hybridized carbons (Fsp3) is 0. The molecule has 14 N–H and O–H groups in total. The first-order valence-corrected chi connectivity index (χ1v) is 32.4. The number of fused-ring (bicyclic) bond motifs is 2. The highest BCUT2D eigenvalue weighted by Crippen LogP contribution is 2.51. The molecule has 1 heterocycles. The number of phenols is 2. The second-order valence-corrected chi connectivity index (χ2v) is 26.7. The van der Waals surface area contributed by atoms with Crippen molar-refractivity contribution in [1.82, 2.24) is 9.78 Å². The first kappa shape index (κ1) is 67.8. The van der Waals surface area contributed by atoms with Gasteiger partial charge in [-0.15, -0.1) is 40.1 Å². The largest absolute Gasteiger partial charge is 0.505 e. The number of hydrogen-bond donors (Lipinski definition) is 13. The van der Waals surface area contributed by atoms with E-state index < -0.39 is 219 Å². The third-order valence-corrected chi connectivity index (χ3v) is 17.9. The Hall–Kier alpha value is -10.1. The number of aromatic nitrogens is 2. The van der Waals surface area contributed by atoms with Gasteiger partial charge < -0.3 is 26.2 Å². The number of rotatable bonds is 21. The van der Waals surface area contributed by atoms with Gasteiger partial charge in [-0.3, -0.25) is 47.3 Å². The third kappa shape index (κ3) is 13.8. The number of anilines is 1. The highest BCUT2D eigenvalue weighted by atomic mass is 32.2. The molecule has 0 fully saturated rings. The standard InChI is InChI=1S/C43H28N12O30S7/c44-32-25(14-27(88(69,70)71)21-12-26(86-85-84-65)34(39(57)31(21)32)50-46-23-7-3-17(55(63)64)11-28(23)89(72,73)74)48-47-24-8-6-19-20(40(24)92(81,82)83)13-30(91(78,79)80)35(38(19)56)51-45-15-9-22(42(59)60)33(29(10-15)90(75,76)77)49-52-36-37(43(61)62)53-54(41(36)58)16-1-4-18(5-2-16)87(66,67)68/h1-14,53,56-57,65H,44H2,(H,59,60)(H,61,62)(H,66,67,68)(H,69,70,71)(H,72,73,74)(H,75,76,77)(H,78,79,80)(H,81,82,83). The van der Waals surface area contributed by atoms with Gasteiger partial charge in [-0.1, -0.05) is 5.04 Å². The number of nitrogen functional groups attached to an aromatic ring is 1. The zero-order valence-corrected chi connectivity index (χ0v) is 49.4. The van der Waals surface area contributed by atoms with E-state index in [-0.39, 0.29) is 29.9 Å². The molecular formula is C43H28N12O30S7. The number of hydrogen-bond acceptors (Lipinski definition) is 32. The minimum Gasteiger partial charge on any atom is -0.505 e. The number of nitrogens with zero attached hydrogens (tertiary/aromatic N) is 10. The summed E-state index contributed by atoms with van der Waals surface area (Å²) in [5.74, 6) is -6.85. The Bertz CT molecular complexity index is 5490. The van der Waals surface area contributed by atoms with Gasteiger partial charge in [0.15, 0.2) is 22.9 Å². The van der Waals surface area contributed by atoms with Crippen molar-refractivity contribution in [3.63, 3.8) is 0 Å². The summed E-state index contributed by atoms with van der Waals surface area (Å²) in [6, 6.07) is 8.46. The number of nitrogens with one attached hydrogen (secondary N) is 1. The van der Waals surface area contributed by atoms with Gasteiger partial charge in [-0.05, 0) is 72.8 Å². The second-order valence-electron chi connectivity index (χ2n) is 17.6. The van der Waals surface area contributed by atoms with Crippen molar-refractivity contribution in [3.05, 3.63) is 117 Å². The SMILES string of the molecule is Nc1c(N=Nc2ccc3c(O)c(N=Nc4cc(C(=O)O)c(N=Nc5c(C(=O)O)[nH]n(-c6ccc(S(=O)(=O)O)cc6)c5=O)c(S(=O)(=O)O)c4)c(S(=O)(=O)O)cc3c2S(=O)(=O)O)cc(S(=O)(=O)O)c2cc(SOOO)c(N=Nc3ccc([N+](=O)[O-])cc3S(=O)(=O)O)c(O)c12. The molecule has 0 bridgehead atoms. The van der Waals surface area contributed by atoms with Crippen LogP contribution in [-0.4, -0.2) is 130 Å². The molecule has 482 valence electrons.